The molecule has 0 unspecified atom stereocenters. The maximum Gasteiger partial charge on any atom is 0.319 e. The van der Waals surface area contributed by atoms with Gasteiger partial charge in [-0.1, -0.05) is 6.07 Å². The van der Waals surface area contributed by atoms with Gasteiger partial charge in [0.05, 0.1) is 0 Å². The molecule has 0 aliphatic carbocycles. The summed E-state index contributed by atoms with van der Waals surface area (Å²) in [5, 5.41) is 5.21. The van der Waals surface area contributed by atoms with E-state index in [1.165, 1.54) is 18.2 Å². The normalized spacial score (nSPS) is 9.41. The first-order valence-corrected chi connectivity index (χ1v) is 5.46. The molecule has 0 saturated carbocycles. The smallest absolute Gasteiger partial charge is 0.319 e. The molecule has 0 radical (unpaired) electrons. The number of hydrogen-bond donors (Lipinski definition) is 2. The van der Waals surface area contributed by atoms with Crippen molar-refractivity contribution in [3.63, 3.8) is 0 Å². The van der Waals surface area contributed by atoms with Crippen LogP contribution in [0.25, 0.3) is 0 Å². The zero-order valence-corrected chi connectivity index (χ0v) is 9.50. The van der Waals surface area contributed by atoms with Gasteiger partial charge in [-0.25, -0.2) is 9.18 Å². The van der Waals surface area contributed by atoms with Crippen molar-refractivity contribution >= 4 is 11.7 Å². The third kappa shape index (κ3) is 5.57. The summed E-state index contributed by atoms with van der Waals surface area (Å²) >= 11 is 0. The Balaban J connectivity index is 2.23. The van der Waals surface area contributed by atoms with Gasteiger partial charge in [-0.15, -0.1) is 12.3 Å². The Bertz CT molecular complexity index is 412. The monoisotopic (exact) mass is 234 g/mol. The van der Waals surface area contributed by atoms with Crippen LogP contribution in [0.5, 0.6) is 0 Å². The molecule has 0 aliphatic heterocycles. The van der Waals surface area contributed by atoms with Crippen molar-refractivity contribution in [2.24, 2.45) is 0 Å². The van der Waals surface area contributed by atoms with E-state index >= 15 is 0 Å². The summed E-state index contributed by atoms with van der Waals surface area (Å²) in [6.45, 7) is 0.558. The van der Waals surface area contributed by atoms with Crippen LogP contribution >= 0.6 is 0 Å². The van der Waals surface area contributed by atoms with Crippen molar-refractivity contribution in [2.45, 2.75) is 19.3 Å². The molecular formula is C13H15FN2O. The minimum atomic E-state index is -0.378. The van der Waals surface area contributed by atoms with Gasteiger partial charge >= 0.3 is 6.03 Å². The van der Waals surface area contributed by atoms with Crippen molar-refractivity contribution in [1.82, 2.24) is 5.32 Å². The number of unbranched alkanes of at least 4 members (excludes halogenated alkanes) is 2. The molecule has 90 valence electrons. The lowest BCUT2D eigenvalue weighted by atomic mass is 10.2. The van der Waals surface area contributed by atoms with Crippen molar-refractivity contribution in [3.05, 3.63) is 30.1 Å². The fourth-order valence-corrected chi connectivity index (χ4v) is 1.30. The van der Waals surface area contributed by atoms with Crippen molar-refractivity contribution in [2.75, 3.05) is 11.9 Å². The van der Waals surface area contributed by atoms with Gasteiger partial charge in [0, 0.05) is 18.7 Å². The molecule has 0 aliphatic rings. The second-order valence-electron chi connectivity index (χ2n) is 3.55. The van der Waals surface area contributed by atoms with E-state index in [-0.39, 0.29) is 11.8 Å². The second kappa shape index (κ2) is 7.29. The van der Waals surface area contributed by atoms with Crippen LogP contribution in [0.3, 0.4) is 0 Å². The van der Waals surface area contributed by atoms with Gasteiger partial charge in [0.2, 0.25) is 0 Å². The molecule has 2 amide bonds. The molecule has 0 saturated heterocycles. The highest BCUT2D eigenvalue weighted by atomic mass is 19.1. The number of halogens is 1. The molecule has 0 fully saturated rings. The standard InChI is InChI=1S/C13H15FN2O/c1-2-3-4-5-9-15-13(17)16-12-8-6-7-11(14)10-12/h1,6-8,10H,3-5,9H2,(H2,15,16,17). The van der Waals surface area contributed by atoms with Gasteiger partial charge in [0.15, 0.2) is 0 Å². The van der Waals surface area contributed by atoms with Crippen LogP contribution in [0.2, 0.25) is 0 Å². The maximum absolute atomic E-state index is 12.8. The average molecular weight is 234 g/mol. The van der Waals surface area contributed by atoms with Gasteiger partial charge < -0.3 is 10.6 Å². The van der Waals surface area contributed by atoms with Crippen LogP contribution in [0, 0.1) is 18.2 Å². The molecule has 0 bridgehead atoms. The number of amides is 2. The Labute approximate surface area is 100 Å². The Morgan fingerprint density at radius 1 is 1.41 bits per heavy atom. The number of carbonyl (C=O) groups is 1. The Kier molecular flexibility index (Phi) is 5.59. The first-order chi connectivity index (χ1) is 8.22. The lowest BCUT2D eigenvalue weighted by molar-refractivity contribution is 0.252. The molecule has 1 rings (SSSR count). The number of hydrogen-bond acceptors (Lipinski definition) is 1. The fraction of sp³-hybridized carbons (Fsp3) is 0.308. The van der Waals surface area contributed by atoms with Gasteiger partial charge in [-0.2, -0.15) is 0 Å². The zero-order chi connectivity index (χ0) is 12.5. The number of nitrogens with one attached hydrogen (secondary N) is 2. The first-order valence-electron chi connectivity index (χ1n) is 5.46. The molecule has 1 aromatic carbocycles. The van der Waals surface area contributed by atoms with Crippen LogP contribution in [-0.4, -0.2) is 12.6 Å². The van der Waals surface area contributed by atoms with Gasteiger partial charge in [-0.05, 0) is 31.0 Å². The molecule has 0 aromatic heterocycles. The van der Waals surface area contributed by atoms with Crippen LogP contribution in [0.4, 0.5) is 14.9 Å². The van der Waals surface area contributed by atoms with Crippen molar-refractivity contribution < 1.29 is 9.18 Å². The highest BCUT2D eigenvalue weighted by Gasteiger charge is 2.01. The van der Waals surface area contributed by atoms with Gasteiger partial charge in [0.1, 0.15) is 5.82 Å². The first kappa shape index (κ1) is 13.0. The quantitative estimate of drug-likeness (QED) is 0.597. The molecular weight excluding hydrogens is 219 g/mol. The predicted octanol–water partition coefficient (Wildman–Crippen LogP) is 2.75. The molecule has 0 heterocycles. The molecule has 2 N–H and O–H groups in total. The third-order valence-electron chi connectivity index (χ3n) is 2.12. The van der Waals surface area contributed by atoms with E-state index in [1.807, 2.05) is 0 Å². The van der Waals surface area contributed by atoms with E-state index in [9.17, 15) is 9.18 Å². The third-order valence-corrected chi connectivity index (χ3v) is 2.12. The molecule has 1 aromatic rings. The summed E-state index contributed by atoms with van der Waals surface area (Å²) < 4.78 is 12.8. The Morgan fingerprint density at radius 2 is 2.24 bits per heavy atom. The van der Waals surface area contributed by atoms with Crippen LogP contribution in [0.15, 0.2) is 24.3 Å². The largest absolute Gasteiger partial charge is 0.338 e. The minimum Gasteiger partial charge on any atom is -0.338 e. The fourth-order valence-electron chi connectivity index (χ4n) is 1.30. The van der Waals surface area contributed by atoms with E-state index in [1.54, 1.807) is 6.07 Å². The summed E-state index contributed by atoms with van der Waals surface area (Å²) in [7, 11) is 0. The highest BCUT2D eigenvalue weighted by Crippen LogP contribution is 2.08. The van der Waals surface area contributed by atoms with Crippen LogP contribution in [-0.2, 0) is 0 Å². The molecule has 0 atom stereocenters. The summed E-state index contributed by atoms with van der Waals surface area (Å²) in [4.78, 5) is 11.4. The van der Waals surface area contributed by atoms with Crippen LogP contribution < -0.4 is 10.6 Å². The predicted molar refractivity (Wildman–Crippen MR) is 66.1 cm³/mol. The topological polar surface area (TPSA) is 41.1 Å². The Morgan fingerprint density at radius 3 is 2.94 bits per heavy atom. The van der Waals surface area contributed by atoms with E-state index in [4.69, 9.17) is 6.42 Å². The van der Waals surface area contributed by atoms with E-state index in [2.05, 4.69) is 16.6 Å². The van der Waals surface area contributed by atoms with E-state index in [0.717, 1.165) is 12.8 Å². The molecule has 17 heavy (non-hydrogen) atoms. The number of carbonyl (C=O) groups excluding carboxylic acids is 1. The molecule has 3 nitrogen and oxygen atoms in total. The number of benzene rings is 1. The van der Waals surface area contributed by atoms with Gasteiger partial charge in [-0.3, -0.25) is 0 Å². The number of urea groups is 1. The molecule has 4 heteroatoms. The summed E-state index contributed by atoms with van der Waals surface area (Å²) in [6.07, 6.45) is 7.54. The van der Waals surface area contributed by atoms with E-state index in [0.29, 0.717) is 18.7 Å². The average Bonchev–Trinajstić information content (AvgIpc) is 2.29. The highest BCUT2D eigenvalue weighted by molar-refractivity contribution is 5.89. The van der Waals surface area contributed by atoms with Crippen LogP contribution in [0.1, 0.15) is 19.3 Å². The zero-order valence-electron chi connectivity index (χ0n) is 9.50. The number of rotatable bonds is 5. The lowest BCUT2D eigenvalue weighted by Gasteiger charge is -2.06. The second-order valence-corrected chi connectivity index (χ2v) is 3.55. The summed E-state index contributed by atoms with van der Waals surface area (Å²) in [5.41, 5.74) is 0.436. The summed E-state index contributed by atoms with van der Waals surface area (Å²) in [6, 6.07) is 5.41. The Hall–Kier alpha value is -2.02. The minimum absolute atomic E-state index is 0.337. The van der Waals surface area contributed by atoms with Gasteiger partial charge in [0.25, 0.3) is 0 Å². The SMILES string of the molecule is C#CCCCCNC(=O)Nc1cccc(F)c1. The maximum atomic E-state index is 12.8. The summed E-state index contributed by atoms with van der Waals surface area (Å²) in [5.74, 6) is 2.15. The van der Waals surface area contributed by atoms with E-state index < -0.39 is 0 Å². The van der Waals surface area contributed by atoms with Crippen molar-refractivity contribution in [1.29, 1.82) is 0 Å². The lowest BCUT2D eigenvalue weighted by Crippen LogP contribution is -2.29. The molecule has 0 spiro atoms. The van der Waals surface area contributed by atoms with Crippen molar-refractivity contribution in [3.8, 4) is 12.3 Å². The number of anilines is 1. The number of terminal acetylenes is 1.